The Morgan fingerprint density at radius 2 is 1.00 bits per heavy atom. The van der Waals surface area contributed by atoms with Crippen molar-refractivity contribution < 1.29 is 10.2 Å². The molecule has 0 aliphatic rings. The lowest BCUT2D eigenvalue weighted by Gasteiger charge is -2.12. The molecule has 2 nitrogen and oxygen atoms in total. The molecule has 2 aromatic rings. The van der Waals surface area contributed by atoms with E-state index >= 15 is 0 Å². The Morgan fingerprint density at radius 1 is 0.650 bits per heavy atom. The van der Waals surface area contributed by atoms with Gasteiger partial charge >= 0.3 is 0 Å². The molecule has 0 fully saturated rings. The fourth-order valence-electron chi connectivity index (χ4n) is 1.77. The molecular formula is C16H18O2S2. The predicted octanol–water partition coefficient (Wildman–Crippen LogP) is 3.84. The van der Waals surface area contributed by atoms with Gasteiger partial charge in [-0.2, -0.15) is 0 Å². The van der Waals surface area contributed by atoms with Crippen molar-refractivity contribution in [2.24, 2.45) is 0 Å². The van der Waals surface area contributed by atoms with Crippen molar-refractivity contribution in [3.05, 3.63) is 71.8 Å². The molecule has 0 saturated heterocycles. The van der Waals surface area contributed by atoms with E-state index < -0.39 is 12.2 Å². The summed E-state index contributed by atoms with van der Waals surface area (Å²) in [4.78, 5) is 0. The molecular weight excluding hydrogens is 288 g/mol. The Labute approximate surface area is 127 Å². The first-order valence-electron chi connectivity index (χ1n) is 6.48. The minimum atomic E-state index is -0.456. The van der Waals surface area contributed by atoms with Gasteiger partial charge in [-0.05, 0) is 11.1 Å². The largest absolute Gasteiger partial charge is 0.388 e. The van der Waals surface area contributed by atoms with Gasteiger partial charge in [-0.3, -0.25) is 0 Å². The van der Waals surface area contributed by atoms with Crippen molar-refractivity contribution in [1.29, 1.82) is 0 Å². The molecule has 2 atom stereocenters. The van der Waals surface area contributed by atoms with E-state index in [0.717, 1.165) is 11.1 Å². The van der Waals surface area contributed by atoms with Crippen LogP contribution in [0.15, 0.2) is 60.7 Å². The first-order valence-corrected chi connectivity index (χ1v) is 8.96. The van der Waals surface area contributed by atoms with Gasteiger partial charge in [0.2, 0.25) is 0 Å². The molecule has 0 unspecified atom stereocenters. The molecule has 0 aliphatic heterocycles. The number of rotatable bonds is 7. The van der Waals surface area contributed by atoms with Gasteiger partial charge in [0, 0.05) is 11.5 Å². The van der Waals surface area contributed by atoms with Gasteiger partial charge in [0.1, 0.15) is 0 Å². The average Bonchev–Trinajstić information content (AvgIpc) is 2.53. The monoisotopic (exact) mass is 306 g/mol. The van der Waals surface area contributed by atoms with Crippen molar-refractivity contribution in [2.75, 3.05) is 11.5 Å². The van der Waals surface area contributed by atoms with E-state index in [2.05, 4.69) is 0 Å². The fraction of sp³-hybridized carbons (Fsp3) is 0.250. The van der Waals surface area contributed by atoms with Gasteiger partial charge in [0.15, 0.2) is 0 Å². The summed E-state index contributed by atoms with van der Waals surface area (Å²) in [7, 11) is 3.17. The van der Waals surface area contributed by atoms with E-state index in [1.165, 1.54) is 0 Å². The van der Waals surface area contributed by atoms with Crippen LogP contribution < -0.4 is 0 Å². The molecule has 0 aliphatic carbocycles. The van der Waals surface area contributed by atoms with Crippen LogP contribution >= 0.6 is 21.6 Å². The van der Waals surface area contributed by atoms with Crippen molar-refractivity contribution in [3.63, 3.8) is 0 Å². The third-order valence-corrected chi connectivity index (χ3v) is 5.29. The van der Waals surface area contributed by atoms with Crippen LogP contribution in [0.5, 0.6) is 0 Å². The topological polar surface area (TPSA) is 40.5 Å². The lowest BCUT2D eigenvalue weighted by atomic mass is 10.1. The Balaban J connectivity index is 1.69. The number of aliphatic hydroxyl groups excluding tert-OH is 2. The SMILES string of the molecule is O[C@H](CSSC[C@@H](O)c1ccccc1)c1ccccc1. The molecule has 0 heterocycles. The van der Waals surface area contributed by atoms with E-state index in [0.29, 0.717) is 11.5 Å². The maximum absolute atomic E-state index is 10.0. The zero-order chi connectivity index (χ0) is 14.2. The van der Waals surface area contributed by atoms with Gasteiger partial charge in [0.05, 0.1) is 12.2 Å². The highest BCUT2D eigenvalue weighted by atomic mass is 33.1. The van der Waals surface area contributed by atoms with Crippen LogP contribution in [-0.2, 0) is 0 Å². The average molecular weight is 306 g/mol. The Kier molecular flexibility index (Phi) is 6.47. The molecule has 0 spiro atoms. The molecule has 0 radical (unpaired) electrons. The van der Waals surface area contributed by atoms with E-state index in [9.17, 15) is 10.2 Å². The number of hydrogen-bond donors (Lipinski definition) is 2. The van der Waals surface area contributed by atoms with Gasteiger partial charge in [-0.25, -0.2) is 0 Å². The van der Waals surface area contributed by atoms with Crippen molar-refractivity contribution in [2.45, 2.75) is 12.2 Å². The third-order valence-electron chi connectivity index (χ3n) is 2.90. The summed E-state index contributed by atoms with van der Waals surface area (Å²) in [5, 5.41) is 20.0. The van der Waals surface area contributed by atoms with Gasteiger partial charge in [0.25, 0.3) is 0 Å². The summed E-state index contributed by atoms with van der Waals surface area (Å²) in [6.07, 6.45) is -0.912. The summed E-state index contributed by atoms with van der Waals surface area (Å²) in [5.41, 5.74) is 1.87. The Hall–Kier alpha value is -0.940. The van der Waals surface area contributed by atoms with Gasteiger partial charge in [-0.1, -0.05) is 82.3 Å². The highest BCUT2D eigenvalue weighted by Crippen LogP contribution is 2.30. The first-order chi connectivity index (χ1) is 9.77. The summed E-state index contributed by atoms with van der Waals surface area (Å²) >= 11 is 0. The van der Waals surface area contributed by atoms with Crippen LogP contribution in [-0.4, -0.2) is 21.7 Å². The second-order valence-electron chi connectivity index (χ2n) is 4.42. The Bertz CT molecular complexity index is 443. The molecule has 0 saturated carbocycles. The van der Waals surface area contributed by atoms with Crippen LogP contribution in [0.3, 0.4) is 0 Å². The molecule has 2 rings (SSSR count). The normalized spacial score (nSPS) is 13.9. The lowest BCUT2D eigenvalue weighted by molar-refractivity contribution is 0.203. The summed E-state index contributed by atoms with van der Waals surface area (Å²) < 4.78 is 0. The molecule has 2 aromatic carbocycles. The van der Waals surface area contributed by atoms with E-state index in [4.69, 9.17) is 0 Å². The van der Waals surface area contributed by atoms with Crippen molar-refractivity contribution >= 4 is 21.6 Å². The summed E-state index contributed by atoms with van der Waals surface area (Å²) in [6, 6.07) is 19.3. The van der Waals surface area contributed by atoms with Crippen molar-refractivity contribution in [1.82, 2.24) is 0 Å². The Morgan fingerprint density at radius 3 is 1.35 bits per heavy atom. The minimum absolute atomic E-state index is 0.456. The number of hydrogen-bond acceptors (Lipinski definition) is 4. The van der Waals surface area contributed by atoms with E-state index in [1.54, 1.807) is 21.6 Å². The highest BCUT2D eigenvalue weighted by molar-refractivity contribution is 8.76. The van der Waals surface area contributed by atoms with Crippen molar-refractivity contribution in [3.8, 4) is 0 Å². The second-order valence-corrected chi connectivity index (χ2v) is 6.97. The molecule has 0 aromatic heterocycles. The summed E-state index contributed by atoms with van der Waals surface area (Å²) in [5.74, 6) is 1.24. The summed E-state index contributed by atoms with van der Waals surface area (Å²) in [6.45, 7) is 0. The number of benzene rings is 2. The quantitative estimate of drug-likeness (QED) is 0.602. The predicted molar refractivity (Wildman–Crippen MR) is 87.7 cm³/mol. The molecule has 4 heteroatoms. The van der Waals surface area contributed by atoms with Gasteiger partial charge in [-0.15, -0.1) is 0 Å². The maximum atomic E-state index is 10.0. The standard InChI is InChI=1S/C16H18O2S2/c17-15(13-7-3-1-4-8-13)11-19-20-12-16(18)14-9-5-2-6-10-14/h1-10,15-18H,11-12H2/t15-,16-/m1/s1. The zero-order valence-corrected chi connectivity index (χ0v) is 12.7. The van der Waals surface area contributed by atoms with Crippen LogP contribution in [0.2, 0.25) is 0 Å². The highest BCUT2D eigenvalue weighted by Gasteiger charge is 2.10. The zero-order valence-electron chi connectivity index (χ0n) is 11.1. The van der Waals surface area contributed by atoms with Crippen LogP contribution in [0, 0.1) is 0 Å². The second kappa shape index (κ2) is 8.37. The molecule has 106 valence electrons. The molecule has 20 heavy (non-hydrogen) atoms. The molecule has 0 amide bonds. The first kappa shape index (κ1) is 15.4. The van der Waals surface area contributed by atoms with Crippen LogP contribution in [0.25, 0.3) is 0 Å². The molecule has 2 N–H and O–H groups in total. The van der Waals surface area contributed by atoms with Crippen LogP contribution in [0.1, 0.15) is 23.3 Å². The number of aliphatic hydroxyl groups is 2. The maximum Gasteiger partial charge on any atom is 0.0888 e. The molecule has 0 bridgehead atoms. The van der Waals surface area contributed by atoms with Crippen LogP contribution in [0.4, 0.5) is 0 Å². The lowest BCUT2D eigenvalue weighted by Crippen LogP contribution is -2.01. The van der Waals surface area contributed by atoms with E-state index in [-0.39, 0.29) is 0 Å². The smallest absolute Gasteiger partial charge is 0.0888 e. The minimum Gasteiger partial charge on any atom is -0.388 e. The van der Waals surface area contributed by atoms with Gasteiger partial charge < -0.3 is 10.2 Å². The van der Waals surface area contributed by atoms with E-state index in [1.807, 2.05) is 60.7 Å². The fourth-order valence-corrected chi connectivity index (χ4v) is 3.95. The third kappa shape index (κ3) is 4.87.